The predicted molar refractivity (Wildman–Crippen MR) is 91.2 cm³/mol. The van der Waals surface area contributed by atoms with E-state index in [-0.39, 0.29) is 11.4 Å². The molecule has 3 rings (SSSR count). The lowest BCUT2D eigenvalue weighted by Crippen LogP contribution is -1.90. The highest BCUT2D eigenvalue weighted by atomic mass is 35.5. The predicted octanol–water partition coefficient (Wildman–Crippen LogP) is 4.96. The van der Waals surface area contributed by atoms with E-state index in [0.717, 1.165) is 0 Å². The fraction of sp³-hybridized carbons (Fsp3) is 0. The first-order chi connectivity index (χ1) is 11.5. The first-order valence-electron chi connectivity index (χ1n) is 6.91. The van der Waals surface area contributed by atoms with E-state index in [0.29, 0.717) is 27.8 Å². The Hall–Kier alpha value is -3.12. The molecule has 1 N–H and O–H groups in total. The second-order valence-corrected chi connectivity index (χ2v) is 5.30. The Morgan fingerprint density at radius 2 is 1.96 bits per heavy atom. The molecule has 0 saturated heterocycles. The molecule has 120 valence electrons. The molecular weight excluding hydrogens is 332 g/mol. The van der Waals surface area contributed by atoms with Crippen LogP contribution in [0.1, 0.15) is 5.76 Å². The molecule has 0 fully saturated rings. The van der Waals surface area contributed by atoms with Crippen LogP contribution in [0.2, 0.25) is 5.02 Å². The normalized spacial score (nSPS) is 11.0. The van der Waals surface area contributed by atoms with Crippen LogP contribution in [-0.2, 0) is 0 Å². The number of halogens is 1. The van der Waals surface area contributed by atoms with Gasteiger partial charge in [0.1, 0.15) is 23.0 Å². The van der Waals surface area contributed by atoms with Crippen molar-refractivity contribution in [3.8, 4) is 17.1 Å². The summed E-state index contributed by atoms with van der Waals surface area (Å²) in [5.74, 6) is 0.739. The third-order valence-electron chi connectivity index (χ3n) is 3.26. The van der Waals surface area contributed by atoms with Gasteiger partial charge >= 0.3 is 0 Å². The standard InChI is InChI=1S/C17H11ClN2O4/c18-11-5-7-16(21)14(9-11)19-10-12-6-8-17(24-12)13-3-1-2-4-15(13)20(22)23/h1-10,21H/b19-10+. The Morgan fingerprint density at radius 3 is 2.75 bits per heavy atom. The number of para-hydroxylation sites is 1. The molecule has 0 aliphatic heterocycles. The van der Waals surface area contributed by atoms with Crippen molar-refractivity contribution in [1.82, 2.24) is 0 Å². The molecular formula is C17H11ClN2O4. The van der Waals surface area contributed by atoms with Crippen molar-refractivity contribution in [2.24, 2.45) is 4.99 Å². The molecule has 1 heterocycles. The fourth-order valence-electron chi connectivity index (χ4n) is 2.14. The molecule has 6 nitrogen and oxygen atoms in total. The lowest BCUT2D eigenvalue weighted by atomic mass is 10.1. The Kier molecular flexibility index (Phi) is 4.31. The van der Waals surface area contributed by atoms with Gasteiger partial charge in [-0.3, -0.25) is 10.1 Å². The van der Waals surface area contributed by atoms with Crippen LogP contribution < -0.4 is 0 Å². The SMILES string of the molecule is O=[N+]([O-])c1ccccc1-c1ccc(/C=N/c2cc(Cl)ccc2O)o1. The molecule has 0 saturated carbocycles. The zero-order chi connectivity index (χ0) is 17.1. The fourth-order valence-corrected chi connectivity index (χ4v) is 2.31. The number of phenolic OH excluding ortho intramolecular Hbond substituents is 1. The maximum absolute atomic E-state index is 11.1. The van der Waals surface area contributed by atoms with Crippen LogP contribution in [0.3, 0.4) is 0 Å². The van der Waals surface area contributed by atoms with Gasteiger partial charge in [0, 0.05) is 11.1 Å². The van der Waals surface area contributed by atoms with Gasteiger partial charge in [0.2, 0.25) is 0 Å². The zero-order valence-electron chi connectivity index (χ0n) is 12.2. The van der Waals surface area contributed by atoms with Crippen LogP contribution in [0.4, 0.5) is 11.4 Å². The lowest BCUT2D eigenvalue weighted by Gasteiger charge is -1.99. The van der Waals surface area contributed by atoms with Crippen molar-refractivity contribution >= 4 is 29.2 Å². The third-order valence-corrected chi connectivity index (χ3v) is 3.50. The Bertz CT molecular complexity index is 934. The molecule has 0 aliphatic rings. The number of furan rings is 1. The van der Waals surface area contributed by atoms with E-state index < -0.39 is 4.92 Å². The summed E-state index contributed by atoms with van der Waals surface area (Å²) < 4.78 is 5.58. The second kappa shape index (κ2) is 6.55. The lowest BCUT2D eigenvalue weighted by molar-refractivity contribution is -0.384. The number of aliphatic imine (C=N–C) groups is 1. The van der Waals surface area contributed by atoms with Crippen LogP contribution in [0.15, 0.2) is 64.0 Å². The van der Waals surface area contributed by atoms with E-state index in [4.69, 9.17) is 16.0 Å². The molecule has 0 spiro atoms. The minimum absolute atomic E-state index is 0.0128. The molecule has 0 unspecified atom stereocenters. The smallest absolute Gasteiger partial charge is 0.280 e. The maximum Gasteiger partial charge on any atom is 0.280 e. The van der Waals surface area contributed by atoms with Gasteiger partial charge in [0.25, 0.3) is 5.69 Å². The first kappa shape index (κ1) is 15.8. The molecule has 0 bridgehead atoms. The molecule has 0 amide bonds. The summed E-state index contributed by atoms with van der Waals surface area (Å²) in [7, 11) is 0. The van der Waals surface area contributed by atoms with E-state index in [1.54, 1.807) is 36.4 Å². The number of nitro benzene ring substituents is 1. The van der Waals surface area contributed by atoms with Gasteiger partial charge in [-0.2, -0.15) is 0 Å². The van der Waals surface area contributed by atoms with Gasteiger partial charge in [-0.1, -0.05) is 23.7 Å². The third kappa shape index (κ3) is 3.28. The summed E-state index contributed by atoms with van der Waals surface area (Å²) in [5, 5.41) is 21.2. The molecule has 0 radical (unpaired) electrons. The number of hydrogen-bond acceptors (Lipinski definition) is 5. The van der Waals surface area contributed by atoms with Gasteiger partial charge in [-0.05, 0) is 36.4 Å². The molecule has 0 aliphatic carbocycles. The van der Waals surface area contributed by atoms with E-state index in [2.05, 4.69) is 4.99 Å². The second-order valence-electron chi connectivity index (χ2n) is 4.87. The average molecular weight is 343 g/mol. The van der Waals surface area contributed by atoms with Crippen LogP contribution in [-0.4, -0.2) is 16.2 Å². The van der Waals surface area contributed by atoms with Crippen molar-refractivity contribution in [2.45, 2.75) is 0 Å². The summed E-state index contributed by atoms with van der Waals surface area (Å²) >= 11 is 5.86. The van der Waals surface area contributed by atoms with Crippen molar-refractivity contribution in [2.75, 3.05) is 0 Å². The summed E-state index contributed by atoms with van der Waals surface area (Å²) in [6, 6.07) is 14.1. The number of benzene rings is 2. The Balaban J connectivity index is 1.90. The summed E-state index contributed by atoms with van der Waals surface area (Å²) in [6.45, 7) is 0. The van der Waals surface area contributed by atoms with Crippen LogP contribution >= 0.6 is 11.6 Å². The van der Waals surface area contributed by atoms with Crippen molar-refractivity contribution in [3.63, 3.8) is 0 Å². The van der Waals surface area contributed by atoms with Crippen LogP contribution in [0, 0.1) is 10.1 Å². The van der Waals surface area contributed by atoms with Crippen LogP contribution in [0.5, 0.6) is 5.75 Å². The van der Waals surface area contributed by atoms with E-state index in [1.165, 1.54) is 24.4 Å². The molecule has 1 aromatic heterocycles. The highest BCUT2D eigenvalue weighted by Crippen LogP contribution is 2.32. The summed E-state index contributed by atoms with van der Waals surface area (Å²) in [5.41, 5.74) is 0.640. The number of rotatable bonds is 4. The van der Waals surface area contributed by atoms with Gasteiger partial charge in [-0.15, -0.1) is 0 Å². The minimum Gasteiger partial charge on any atom is -0.506 e. The highest BCUT2D eigenvalue weighted by Gasteiger charge is 2.16. The first-order valence-corrected chi connectivity index (χ1v) is 7.28. The zero-order valence-corrected chi connectivity index (χ0v) is 13.0. The van der Waals surface area contributed by atoms with Crippen LogP contribution in [0.25, 0.3) is 11.3 Å². The molecule has 24 heavy (non-hydrogen) atoms. The van der Waals surface area contributed by atoms with Crippen molar-refractivity contribution < 1.29 is 14.4 Å². The largest absolute Gasteiger partial charge is 0.506 e. The number of nitrogens with zero attached hydrogens (tertiary/aromatic N) is 2. The maximum atomic E-state index is 11.1. The van der Waals surface area contributed by atoms with E-state index in [1.807, 2.05) is 0 Å². The van der Waals surface area contributed by atoms with Crippen molar-refractivity contribution in [3.05, 3.63) is 75.5 Å². The molecule has 7 heteroatoms. The number of nitro groups is 1. The monoisotopic (exact) mass is 342 g/mol. The number of hydrogen-bond donors (Lipinski definition) is 1. The minimum atomic E-state index is -0.463. The van der Waals surface area contributed by atoms with E-state index in [9.17, 15) is 15.2 Å². The molecule has 2 aromatic carbocycles. The number of aromatic hydroxyl groups is 1. The Morgan fingerprint density at radius 1 is 1.17 bits per heavy atom. The van der Waals surface area contributed by atoms with E-state index >= 15 is 0 Å². The van der Waals surface area contributed by atoms with Gasteiger partial charge in [-0.25, -0.2) is 4.99 Å². The van der Waals surface area contributed by atoms with Gasteiger partial charge in [0.05, 0.1) is 16.7 Å². The van der Waals surface area contributed by atoms with Gasteiger partial charge in [0.15, 0.2) is 0 Å². The highest BCUT2D eigenvalue weighted by molar-refractivity contribution is 6.30. The number of phenols is 1. The summed E-state index contributed by atoms with van der Waals surface area (Å²) in [6.07, 6.45) is 1.41. The Labute approximate surface area is 141 Å². The molecule has 3 aromatic rings. The van der Waals surface area contributed by atoms with Gasteiger partial charge < -0.3 is 9.52 Å². The average Bonchev–Trinajstić information content (AvgIpc) is 3.04. The summed E-state index contributed by atoms with van der Waals surface area (Å²) in [4.78, 5) is 14.7. The quantitative estimate of drug-likeness (QED) is 0.412. The molecule has 0 atom stereocenters. The van der Waals surface area contributed by atoms with Crippen molar-refractivity contribution in [1.29, 1.82) is 0 Å². The topological polar surface area (TPSA) is 88.9 Å².